The smallest absolute Gasteiger partial charge is 0.272 e. The normalized spacial score (nSPS) is 18.7. The number of likely N-dealkylation sites (tertiary alicyclic amines) is 1. The number of aryl methyl sites for hydroxylation is 1. The van der Waals surface area contributed by atoms with Gasteiger partial charge in [-0.1, -0.05) is 17.7 Å². The highest BCUT2D eigenvalue weighted by Gasteiger charge is 2.41. The van der Waals surface area contributed by atoms with Gasteiger partial charge in [0.2, 0.25) is 5.95 Å². The number of carbonyl (C=O) groups excluding carboxylic acids is 1. The van der Waals surface area contributed by atoms with Gasteiger partial charge in [0.1, 0.15) is 5.69 Å². The second-order valence-corrected chi connectivity index (χ2v) is 7.19. The van der Waals surface area contributed by atoms with Crippen LogP contribution in [0, 0.1) is 6.92 Å². The van der Waals surface area contributed by atoms with Crippen LogP contribution in [0.15, 0.2) is 30.5 Å². The minimum atomic E-state index is -0.501. The van der Waals surface area contributed by atoms with E-state index in [4.69, 9.17) is 21.1 Å². The summed E-state index contributed by atoms with van der Waals surface area (Å²) < 4.78 is 11.4. The zero-order valence-electron chi connectivity index (χ0n) is 15.1. The van der Waals surface area contributed by atoms with Crippen LogP contribution in [-0.4, -0.2) is 52.9 Å². The lowest BCUT2D eigenvalue weighted by Gasteiger charge is -2.37. The number of nitrogens with zero attached hydrogens (tertiary/aromatic N) is 3. The van der Waals surface area contributed by atoms with Crippen molar-refractivity contribution in [3.63, 3.8) is 0 Å². The molecule has 0 aliphatic carbocycles. The lowest BCUT2D eigenvalue weighted by molar-refractivity contribution is -0.181. The Hall–Kier alpha value is -2.22. The third-order valence-corrected chi connectivity index (χ3v) is 5.18. The molecule has 0 saturated carbocycles. The van der Waals surface area contributed by atoms with Gasteiger partial charge in [0.15, 0.2) is 5.79 Å². The van der Waals surface area contributed by atoms with E-state index in [-0.39, 0.29) is 5.91 Å². The number of ether oxygens (including phenoxy) is 2. The lowest BCUT2D eigenvalue weighted by Crippen LogP contribution is -2.47. The SMILES string of the molecule is Cc1ccc(Cl)cc1Nc1nccc(C(=O)N2CCC3(CC2)OCCO3)n1. The molecule has 27 heavy (non-hydrogen) atoms. The Kier molecular flexibility index (Phi) is 4.99. The first-order valence-electron chi connectivity index (χ1n) is 8.98. The van der Waals surface area contributed by atoms with Gasteiger partial charge in [-0.05, 0) is 30.7 Å². The van der Waals surface area contributed by atoms with Crippen molar-refractivity contribution in [2.75, 3.05) is 31.6 Å². The fraction of sp³-hybridized carbons (Fsp3) is 0.421. The predicted octanol–water partition coefficient (Wildman–Crippen LogP) is 3.16. The molecule has 4 rings (SSSR count). The zero-order chi connectivity index (χ0) is 18.9. The molecule has 2 aliphatic rings. The van der Waals surface area contributed by atoms with E-state index in [1.54, 1.807) is 23.2 Å². The number of halogens is 1. The Bertz CT molecular complexity index is 845. The minimum absolute atomic E-state index is 0.115. The molecule has 1 aromatic heterocycles. The quantitative estimate of drug-likeness (QED) is 0.870. The van der Waals surface area contributed by atoms with Gasteiger partial charge in [-0.3, -0.25) is 4.79 Å². The standard InChI is InChI=1S/C19H21ClN4O3/c1-13-2-3-14(20)12-16(13)23-18-21-7-4-15(22-18)17(25)24-8-5-19(6-9-24)26-10-11-27-19/h2-4,7,12H,5-6,8-11H2,1H3,(H,21,22,23). The van der Waals surface area contributed by atoms with Crippen LogP contribution < -0.4 is 5.32 Å². The summed E-state index contributed by atoms with van der Waals surface area (Å²) in [4.78, 5) is 23.2. The molecule has 2 aromatic rings. The first-order chi connectivity index (χ1) is 13.0. The van der Waals surface area contributed by atoms with E-state index in [2.05, 4.69) is 15.3 Å². The maximum Gasteiger partial charge on any atom is 0.272 e. The molecule has 3 heterocycles. The van der Waals surface area contributed by atoms with Crippen LogP contribution in [0.1, 0.15) is 28.9 Å². The number of piperidine rings is 1. The molecular formula is C19H21ClN4O3. The van der Waals surface area contributed by atoms with Crippen molar-refractivity contribution < 1.29 is 14.3 Å². The summed E-state index contributed by atoms with van der Waals surface area (Å²) in [7, 11) is 0. The Morgan fingerprint density at radius 1 is 1.22 bits per heavy atom. The molecule has 7 nitrogen and oxygen atoms in total. The van der Waals surface area contributed by atoms with E-state index in [0.29, 0.717) is 55.8 Å². The third kappa shape index (κ3) is 3.90. The molecule has 0 radical (unpaired) electrons. The summed E-state index contributed by atoms with van der Waals surface area (Å²) in [6.45, 7) is 4.37. The second-order valence-electron chi connectivity index (χ2n) is 6.75. The lowest BCUT2D eigenvalue weighted by atomic mass is 10.0. The van der Waals surface area contributed by atoms with Crippen molar-refractivity contribution in [1.29, 1.82) is 0 Å². The molecule has 1 N–H and O–H groups in total. The maximum atomic E-state index is 12.8. The Morgan fingerprint density at radius 3 is 2.70 bits per heavy atom. The summed E-state index contributed by atoms with van der Waals surface area (Å²) in [5, 5.41) is 3.75. The van der Waals surface area contributed by atoms with Crippen LogP contribution in [0.25, 0.3) is 0 Å². The molecular weight excluding hydrogens is 368 g/mol. The summed E-state index contributed by atoms with van der Waals surface area (Å²) in [6.07, 6.45) is 2.93. The van der Waals surface area contributed by atoms with Crippen molar-refractivity contribution in [3.8, 4) is 0 Å². The first kappa shape index (κ1) is 18.2. The van der Waals surface area contributed by atoms with Crippen LogP contribution in [0.5, 0.6) is 0 Å². The number of anilines is 2. The molecule has 2 fully saturated rings. The fourth-order valence-corrected chi connectivity index (χ4v) is 3.56. The largest absolute Gasteiger partial charge is 0.347 e. The summed E-state index contributed by atoms with van der Waals surface area (Å²) in [6, 6.07) is 7.17. The van der Waals surface area contributed by atoms with Gasteiger partial charge in [-0.15, -0.1) is 0 Å². The van der Waals surface area contributed by atoms with Crippen LogP contribution in [0.4, 0.5) is 11.6 Å². The van der Waals surface area contributed by atoms with Crippen molar-refractivity contribution >= 4 is 29.1 Å². The van der Waals surface area contributed by atoms with Gasteiger partial charge in [0.25, 0.3) is 5.91 Å². The number of amides is 1. The Labute approximate surface area is 162 Å². The summed E-state index contributed by atoms with van der Waals surface area (Å²) >= 11 is 6.06. The van der Waals surface area contributed by atoms with Gasteiger partial charge in [0, 0.05) is 42.8 Å². The molecule has 2 aliphatic heterocycles. The van der Waals surface area contributed by atoms with E-state index in [1.807, 2.05) is 19.1 Å². The average Bonchev–Trinajstić information content (AvgIpc) is 3.13. The highest BCUT2D eigenvalue weighted by atomic mass is 35.5. The highest BCUT2D eigenvalue weighted by Crippen LogP contribution is 2.31. The van der Waals surface area contributed by atoms with E-state index in [9.17, 15) is 4.79 Å². The number of benzene rings is 1. The van der Waals surface area contributed by atoms with Crippen LogP contribution in [0.2, 0.25) is 5.02 Å². The summed E-state index contributed by atoms with van der Waals surface area (Å²) in [5.74, 6) is -0.252. The van der Waals surface area contributed by atoms with Crippen LogP contribution in [-0.2, 0) is 9.47 Å². The molecule has 1 spiro atoms. The number of rotatable bonds is 3. The van der Waals surface area contributed by atoms with Crippen molar-refractivity contribution in [1.82, 2.24) is 14.9 Å². The zero-order valence-corrected chi connectivity index (χ0v) is 15.8. The van der Waals surface area contributed by atoms with Crippen molar-refractivity contribution in [2.24, 2.45) is 0 Å². The number of hydrogen-bond donors (Lipinski definition) is 1. The average molecular weight is 389 g/mol. The Morgan fingerprint density at radius 2 is 1.96 bits per heavy atom. The molecule has 1 aromatic carbocycles. The first-order valence-corrected chi connectivity index (χ1v) is 9.36. The maximum absolute atomic E-state index is 12.8. The molecule has 0 unspecified atom stereocenters. The van der Waals surface area contributed by atoms with Crippen molar-refractivity contribution in [3.05, 3.63) is 46.7 Å². The second kappa shape index (κ2) is 7.42. The molecule has 0 atom stereocenters. The molecule has 2 saturated heterocycles. The number of aromatic nitrogens is 2. The molecule has 1 amide bonds. The van der Waals surface area contributed by atoms with E-state index >= 15 is 0 Å². The topological polar surface area (TPSA) is 76.6 Å². The van der Waals surface area contributed by atoms with Crippen LogP contribution in [0.3, 0.4) is 0 Å². The minimum Gasteiger partial charge on any atom is -0.347 e. The summed E-state index contributed by atoms with van der Waals surface area (Å²) in [5.41, 5.74) is 2.18. The monoisotopic (exact) mass is 388 g/mol. The highest BCUT2D eigenvalue weighted by molar-refractivity contribution is 6.30. The molecule has 0 bridgehead atoms. The van der Waals surface area contributed by atoms with Crippen molar-refractivity contribution in [2.45, 2.75) is 25.6 Å². The number of carbonyl (C=O) groups is 1. The Balaban J connectivity index is 1.46. The molecule has 8 heteroatoms. The predicted molar refractivity (Wildman–Crippen MR) is 101 cm³/mol. The van der Waals surface area contributed by atoms with Gasteiger partial charge in [-0.2, -0.15) is 0 Å². The van der Waals surface area contributed by atoms with E-state index < -0.39 is 5.79 Å². The number of hydrogen-bond acceptors (Lipinski definition) is 6. The molecule has 142 valence electrons. The van der Waals surface area contributed by atoms with Gasteiger partial charge < -0.3 is 19.7 Å². The third-order valence-electron chi connectivity index (χ3n) is 4.95. The van der Waals surface area contributed by atoms with Crippen LogP contribution >= 0.6 is 11.6 Å². The number of nitrogens with one attached hydrogen (secondary N) is 1. The van der Waals surface area contributed by atoms with Gasteiger partial charge in [0.05, 0.1) is 13.2 Å². The van der Waals surface area contributed by atoms with E-state index in [0.717, 1.165) is 11.3 Å². The van der Waals surface area contributed by atoms with Gasteiger partial charge >= 0.3 is 0 Å². The van der Waals surface area contributed by atoms with Gasteiger partial charge in [-0.25, -0.2) is 9.97 Å². The fourth-order valence-electron chi connectivity index (χ4n) is 3.39. The van der Waals surface area contributed by atoms with E-state index in [1.165, 1.54) is 0 Å².